The van der Waals surface area contributed by atoms with Crippen LogP contribution >= 0.6 is 11.6 Å². The molecule has 0 aliphatic carbocycles. The highest BCUT2D eigenvalue weighted by atomic mass is 35.5. The van der Waals surface area contributed by atoms with Crippen molar-refractivity contribution in [2.24, 2.45) is 0 Å². The number of hydrogen-bond donors (Lipinski definition) is 1. The summed E-state index contributed by atoms with van der Waals surface area (Å²) in [7, 11) is 0. The van der Waals surface area contributed by atoms with Crippen LogP contribution in [0.3, 0.4) is 0 Å². The molecule has 0 aliphatic rings. The Morgan fingerprint density at radius 2 is 2.56 bits per heavy atom. The fourth-order valence-corrected chi connectivity index (χ4v) is 0.400. The summed E-state index contributed by atoms with van der Waals surface area (Å²) in [5.41, 5.74) is 0. The average Bonchev–Trinajstić information content (AvgIpc) is 1.83. The summed E-state index contributed by atoms with van der Waals surface area (Å²) in [5.74, 6) is 2.51. The lowest BCUT2D eigenvalue weighted by Gasteiger charge is -2.03. The molecule has 1 nitrogen and oxygen atoms in total. The zero-order valence-electron chi connectivity index (χ0n) is 5.45. The van der Waals surface area contributed by atoms with Crippen LogP contribution in [-0.4, -0.2) is 12.6 Å². The highest BCUT2D eigenvalue weighted by molar-refractivity contribution is 6.29. The first-order valence-corrected chi connectivity index (χ1v) is 3.07. The molecule has 0 radical (unpaired) electrons. The SMILES string of the molecule is C#CC(C)NCC(=C)Cl. The molecule has 0 aromatic heterocycles. The average molecular weight is 144 g/mol. The molecule has 2 heteroatoms. The molecule has 0 aromatic carbocycles. The first-order valence-electron chi connectivity index (χ1n) is 2.69. The third kappa shape index (κ3) is 5.42. The molecular weight excluding hydrogens is 134 g/mol. The predicted molar refractivity (Wildman–Crippen MR) is 41.3 cm³/mol. The Hall–Kier alpha value is -0.450. The first kappa shape index (κ1) is 8.55. The molecule has 1 unspecified atom stereocenters. The van der Waals surface area contributed by atoms with Gasteiger partial charge >= 0.3 is 0 Å². The molecule has 0 heterocycles. The summed E-state index contributed by atoms with van der Waals surface area (Å²) < 4.78 is 0. The normalized spacial score (nSPS) is 12.1. The first-order chi connectivity index (χ1) is 4.16. The van der Waals surface area contributed by atoms with Gasteiger partial charge in [-0.2, -0.15) is 0 Å². The van der Waals surface area contributed by atoms with Crippen LogP contribution in [0.4, 0.5) is 0 Å². The highest BCUT2D eigenvalue weighted by Crippen LogP contribution is 1.92. The van der Waals surface area contributed by atoms with Gasteiger partial charge in [0.2, 0.25) is 0 Å². The molecule has 0 aliphatic heterocycles. The van der Waals surface area contributed by atoms with Crippen molar-refractivity contribution in [3.63, 3.8) is 0 Å². The summed E-state index contributed by atoms with van der Waals surface area (Å²) in [5, 5.41) is 3.54. The molecule has 0 spiro atoms. The van der Waals surface area contributed by atoms with E-state index in [2.05, 4.69) is 17.8 Å². The minimum atomic E-state index is 0.0699. The number of terminal acetylenes is 1. The molecule has 0 amide bonds. The van der Waals surface area contributed by atoms with Crippen LogP contribution in [0.2, 0.25) is 0 Å². The Morgan fingerprint density at radius 3 is 2.89 bits per heavy atom. The summed E-state index contributed by atoms with van der Waals surface area (Å²) in [6.07, 6.45) is 5.07. The molecule has 0 bridgehead atoms. The van der Waals surface area contributed by atoms with Crippen molar-refractivity contribution >= 4 is 11.6 Å². The van der Waals surface area contributed by atoms with E-state index >= 15 is 0 Å². The van der Waals surface area contributed by atoms with Crippen LogP contribution in [0.1, 0.15) is 6.92 Å². The molecule has 1 atom stereocenters. The monoisotopic (exact) mass is 143 g/mol. The number of hydrogen-bond acceptors (Lipinski definition) is 1. The van der Waals surface area contributed by atoms with Gasteiger partial charge < -0.3 is 0 Å². The zero-order valence-corrected chi connectivity index (χ0v) is 6.20. The van der Waals surface area contributed by atoms with Gasteiger partial charge in [-0.1, -0.05) is 24.1 Å². The van der Waals surface area contributed by atoms with Gasteiger partial charge in [-0.25, -0.2) is 0 Å². The lowest BCUT2D eigenvalue weighted by molar-refractivity contribution is 0.700. The van der Waals surface area contributed by atoms with Gasteiger partial charge in [-0.05, 0) is 6.92 Å². The van der Waals surface area contributed by atoms with Gasteiger partial charge in [0.25, 0.3) is 0 Å². The molecule has 0 saturated heterocycles. The van der Waals surface area contributed by atoms with E-state index in [9.17, 15) is 0 Å². The van der Waals surface area contributed by atoms with Crippen molar-refractivity contribution in [2.45, 2.75) is 13.0 Å². The van der Waals surface area contributed by atoms with Crippen molar-refractivity contribution in [3.05, 3.63) is 11.6 Å². The number of halogens is 1. The van der Waals surface area contributed by atoms with Crippen LogP contribution in [0.5, 0.6) is 0 Å². The van der Waals surface area contributed by atoms with E-state index in [1.807, 2.05) is 6.92 Å². The van der Waals surface area contributed by atoms with Gasteiger partial charge in [0, 0.05) is 11.6 Å². The summed E-state index contributed by atoms with van der Waals surface area (Å²) >= 11 is 5.45. The lowest BCUT2D eigenvalue weighted by atomic mass is 10.3. The molecule has 1 N–H and O–H groups in total. The van der Waals surface area contributed by atoms with Crippen LogP contribution in [-0.2, 0) is 0 Å². The maximum atomic E-state index is 5.45. The predicted octanol–water partition coefficient (Wildman–Crippen LogP) is 1.35. The maximum Gasteiger partial charge on any atom is 0.0661 e. The van der Waals surface area contributed by atoms with Crippen molar-refractivity contribution < 1.29 is 0 Å². The van der Waals surface area contributed by atoms with E-state index in [1.165, 1.54) is 0 Å². The van der Waals surface area contributed by atoms with Crippen molar-refractivity contribution in [1.29, 1.82) is 0 Å². The van der Waals surface area contributed by atoms with E-state index in [0.717, 1.165) is 0 Å². The topological polar surface area (TPSA) is 12.0 Å². The minimum absolute atomic E-state index is 0.0699. The van der Waals surface area contributed by atoms with Crippen molar-refractivity contribution in [1.82, 2.24) is 5.32 Å². The van der Waals surface area contributed by atoms with Gasteiger partial charge in [-0.3, -0.25) is 5.32 Å². The molecule has 0 fully saturated rings. The van der Waals surface area contributed by atoms with Crippen LogP contribution in [0.25, 0.3) is 0 Å². The van der Waals surface area contributed by atoms with E-state index in [0.29, 0.717) is 11.6 Å². The minimum Gasteiger partial charge on any atom is -0.299 e. The molecule has 0 saturated carbocycles. The van der Waals surface area contributed by atoms with E-state index in [-0.39, 0.29) is 6.04 Å². The molecule has 50 valence electrons. The van der Waals surface area contributed by atoms with Gasteiger partial charge in [0.1, 0.15) is 0 Å². The Balaban J connectivity index is 3.30. The van der Waals surface area contributed by atoms with E-state index in [4.69, 9.17) is 18.0 Å². The molecule has 9 heavy (non-hydrogen) atoms. The van der Waals surface area contributed by atoms with Crippen LogP contribution in [0, 0.1) is 12.3 Å². The van der Waals surface area contributed by atoms with Crippen LogP contribution in [0.15, 0.2) is 11.6 Å². The van der Waals surface area contributed by atoms with Gasteiger partial charge in [0.15, 0.2) is 0 Å². The molecular formula is C7H10ClN. The third-order valence-electron chi connectivity index (χ3n) is 0.850. The fourth-order valence-electron chi connectivity index (χ4n) is 0.323. The van der Waals surface area contributed by atoms with E-state index < -0.39 is 0 Å². The number of rotatable bonds is 3. The Labute approximate surface area is 61.1 Å². The zero-order chi connectivity index (χ0) is 7.28. The van der Waals surface area contributed by atoms with Crippen LogP contribution < -0.4 is 5.32 Å². The second kappa shape index (κ2) is 4.43. The number of nitrogens with one attached hydrogen (secondary N) is 1. The molecule has 0 rings (SSSR count). The highest BCUT2D eigenvalue weighted by Gasteiger charge is 1.93. The van der Waals surface area contributed by atoms with Crippen molar-refractivity contribution in [3.8, 4) is 12.3 Å². The summed E-state index contributed by atoms with van der Waals surface area (Å²) in [4.78, 5) is 0. The van der Waals surface area contributed by atoms with Crippen molar-refractivity contribution in [2.75, 3.05) is 6.54 Å². The van der Waals surface area contributed by atoms with E-state index in [1.54, 1.807) is 0 Å². The van der Waals surface area contributed by atoms with Gasteiger partial charge in [-0.15, -0.1) is 6.42 Å². The quantitative estimate of drug-likeness (QED) is 0.589. The molecule has 0 aromatic rings. The Bertz CT molecular complexity index is 134. The Morgan fingerprint density at radius 1 is 2.00 bits per heavy atom. The smallest absolute Gasteiger partial charge is 0.0661 e. The fraction of sp³-hybridized carbons (Fsp3) is 0.429. The Kier molecular flexibility index (Phi) is 4.21. The summed E-state index contributed by atoms with van der Waals surface area (Å²) in [6.45, 7) is 5.96. The third-order valence-corrected chi connectivity index (χ3v) is 0.984. The van der Waals surface area contributed by atoms with Gasteiger partial charge in [0.05, 0.1) is 6.04 Å². The largest absolute Gasteiger partial charge is 0.299 e. The second-order valence-electron chi connectivity index (χ2n) is 1.79. The lowest BCUT2D eigenvalue weighted by Crippen LogP contribution is -2.25. The maximum absolute atomic E-state index is 5.45. The summed E-state index contributed by atoms with van der Waals surface area (Å²) in [6, 6.07) is 0.0699. The second-order valence-corrected chi connectivity index (χ2v) is 2.32. The standard InChI is InChI=1S/C7H10ClN/c1-4-7(3)9-5-6(2)8/h1,7,9H,2,5H2,3H3.